The molecule has 1 amide bonds. The van der Waals surface area contributed by atoms with Crippen molar-refractivity contribution in [1.29, 1.82) is 0 Å². The second-order valence-corrected chi connectivity index (χ2v) is 8.46. The molecular formula is C20H25N3O3S. The van der Waals surface area contributed by atoms with E-state index in [4.69, 9.17) is 5.14 Å². The van der Waals surface area contributed by atoms with Crippen molar-refractivity contribution in [3.05, 3.63) is 65.2 Å². The zero-order valence-electron chi connectivity index (χ0n) is 15.4. The quantitative estimate of drug-likeness (QED) is 0.784. The van der Waals surface area contributed by atoms with Gasteiger partial charge >= 0.3 is 0 Å². The Kier molecular flexibility index (Phi) is 5.94. The summed E-state index contributed by atoms with van der Waals surface area (Å²) in [7, 11) is -3.67. The van der Waals surface area contributed by atoms with E-state index in [1.165, 1.54) is 23.3 Å². The standard InChI is InChI=1S/C20H25N3O3S/c1-15(23-13-11-17-4-2-3-5-18(17)14-23)20(24)22-12-10-16-6-8-19(9-7-16)27(21,25)26/h2-9,15H,10-14H2,1H3,(H,22,24)(H2,21,25,26). The molecule has 0 saturated carbocycles. The van der Waals surface area contributed by atoms with Crippen molar-refractivity contribution in [3.8, 4) is 0 Å². The Balaban J connectivity index is 1.49. The maximum atomic E-state index is 12.5. The van der Waals surface area contributed by atoms with E-state index >= 15 is 0 Å². The molecule has 1 heterocycles. The zero-order valence-corrected chi connectivity index (χ0v) is 16.2. The normalized spacial score (nSPS) is 15.8. The molecule has 0 saturated heterocycles. The lowest BCUT2D eigenvalue weighted by molar-refractivity contribution is -0.126. The minimum atomic E-state index is -3.67. The molecule has 3 rings (SSSR count). The Morgan fingerprint density at radius 2 is 1.81 bits per heavy atom. The van der Waals surface area contributed by atoms with Gasteiger partial charge in [0.25, 0.3) is 0 Å². The Morgan fingerprint density at radius 3 is 2.48 bits per heavy atom. The number of hydrogen-bond acceptors (Lipinski definition) is 4. The van der Waals surface area contributed by atoms with Crippen LogP contribution in [0.3, 0.4) is 0 Å². The van der Waals surface area contributed by atoms with Crippen LogP contribution in [0, 0.1) is 0 Å². The lowest BCUT2D eigenvalue weighted by Crippen LogP contribution is -2.47. The first-order valence-corrected chi connectivity index (χ1v) is 10.6. The van der Waals surface area contributed by atoms with Crippen LogP contribution in [0.1, 0.15) is 23.6 Å². The van der Waals surface area contributed by atoms with Crippen LogP contribution in [0.5, 0.6) is 0 Å². The third-order valence-electron chi connectivity index (χ3n) is 5.05. The second kappa shape index (κ2) is 8.21. The van der Waals surface area contributed by atoms with Gasteiger partial charge in [0, 0.05) is 19.6 Å². The Labute approximate surface area is 160 Å². The number of nitrogens with two attached hydrogens (primary N) is 1. The molecule has 0 aliphatic carbocycles. The van der Waals surface area contributed by atoms with E-state index in [2.05, 4.69) is 28.4 Å². The van der Waals surface area contributed by atoms with Crippen molar-refractivity contribution in [1.82, 2.24) is 10.2 Å². The van der Waals surface area contributed by atoms with Crippen LogP contribution in [0.2, 0.25) is 0 Å². The van der Waals surface area contributed by atoms with Crippen molar-refractivity contribution < 1.29 is 13.2 Å². The number of benzene rings is 2. The summed E-state index contributed by atoms with van der Waals surface area (Å²) in [5.41, 5.74) is 3.60. The van der Waals surface area contributed by atoms with Gasteiger partial charge in [-0.15, -0.1) is 0 Å². The summed E-state index contributed by atoms with van der Waals surface area (Å²) in [5.74, 6) is 0.00976. The number of primary sulfonamides is 1. The van der Waals surface area contributed by atoms with Gasteiger partial charge in [-0.05, 0) is 48.6 Å². The highest BCUT2D eigenvalue weighted by atomic mass is 32.2. The molecule has 0 radical (unpaired) electrons. The van der Waals surface area contributed by atoms with Crippen LogP contribution in [0.25, 0.3) is 0 Å². The summed E-state index contributed by atoms with van der Waals surface area (Å²) in [5, 5.41) is 8.06. The molecule has 27 heavy (non-hydrogen) atoms. The lowest BCUT2D eigenvalue weighted by atomic mass is 9.99. The number of nitrogens with one attached hydrogen (secondary N) is 1. The van der Waals surface area contributed by atoms with E-state index < -0.39 is 10.0 Å². The number of carbonyl (C=O) groups is 1. The summed E-state index contributed by atoms with van der Waals surface area (Å²) < 4.78 is 22.5. The van der Waals surface area contributed by atoms with Crippen molar-refractivity contribution in [2.24, 2.45) is 5.14 Å². The molecule has 0 bridgehead atoms. The highest BCUT2D eigenvalue weighted by molar-refractivity contribution is 7.89. The summed E-state index contributed by atoms with van der Waals surface area (Å²) in [4.78, 5) is 14.8. The molecule has 7 heteroatoms. The van der Waals surface area contributed by atoms with Crippen molar-refractivity contribution in [3.63, 3.8) is 0 Å². The smallest absolute Gasteiger partial charge is 0.238 e. The van der Waals surface area contributed by atoms with E-state index in [0.29, 0.717) is 13.0 Å². The number of carbonyl (C=O) groups excluding carboxylic acids is 1. The van der Waals surface area contributed by atoms with Gasteiger partial charge in [0.05, 0.1) is 10.9 Å². The molecule has 1 aliphatic heterocycles. The van der Waals surface area contributed by atoms with Crippen LogP contribution >= 0.6 is 0 Å². The predicted octanol–water partition coefficient (Wildman–Crippen LogP) is 1.44. The van der Waals surface area contributed by atoms with Crippen molar-refractivity contribution in [2.45, 2.75) is 37.2 Å². The predicted molar refractivity (Wildman–Crippen MR) is 105 cm³/mol. The minimum absolute atomic E-state index is 0.00976. The molecule has 3 N–H and O–H groups in total. The van der Waals surface area contributed by atoms with Gasteiger partial charge in [-0.3, -0.25) is 9.69 Å². The maximum Gasteiger partial charge on any atom is 0.238 e. The van der Waals surface area contributed by atoms with Gasteiger partial charge in [-0.25, -0.2) is 13.6 Å². The van der Waals surface area contributed by atoms with E-state index in [-0.39, 0.29) is 16.8 Å². The third kappa shape index (κ3) is 4.94. The van der Waals surface area contributed by atoms with Crippen molar-refractivity contribution >= 4 is 15.9 Å². The number of fused-ring (bicyclic) bond motifs is 1. The monoisotopic (exact) mass is 387 g/mol. The Morgan fingerprint density at radius 1 is 1.15 bits per heavy atom. The molecule has 2 aromatic rings. The molecule has 2 aromatic carbocycles. The summed E-state index contributed by atoms with van der Waals surface area (Å²) in [6.45, 7) is 4.10. The topological polar surface area (TPSA) is 92.5 Å². The van der Waals surface area contributed by atoms with Gasteiger partial charge in [0.2, 0.25) is 15.9 Å². The summed E-state index contributed by atoms with van der Waals surface area (Å²) in [6, 6.07) is 14.6. The molecule has 144 valence electrons. The number of sulfonamides is 1. The fourth-order valence-electron chi connectivity index (χ4n) is 3.34. The van der Waals surface area contributed by atoms with Gasteiger partial charge in [-0.1, -0.05) is 36.4 Å². The molecule has 1 atom stereocenters. The van der Waals surface area contributed by atoms with Gasteiger partial charge in [0.1, 0.15) is 0 Å². The highest BCUT2D eigenvalue weighted by Crippen LogP contribution is 2.20. The molecular weight excluding hydrogens is 362 g/mol. The average Bonchev–Trinajstić information content (AvgIpc) is 2.66. The van der Waals surface area contributed by atoms with Crippen LogP contribution in [-0.4, -0.2) is 38.4 Å². The molecule has 0 fully saturated rings. The molecule has 0 spiro atoms. The number of hydrogen-bond donors (Lipinski definition) is 2. The fraction of sp³-hybridized carbons (Fsp3) is 0.350. The Bertz CT molecular complexity index is 910. The van der Waals surface area contributed by atoms with Crippen molar-refractivity contribution in [2.75, 3.05) is 13.1 Å². The first-order chi connectivity index (χ1) is 12.8. The van der Waals surface area contributed by atoms with Crippen LogP contribution in [-0.2, 0) is 34.2 Å². The van der Waals surface area contributed by atoms with E-state index in [1.807, 2.05) is 13.0 Å². The van der Waals surface area contributed by atoms with Crippen LogP contribution < -0.4 is 10.5 Å². The molecule has 1 aliphatic rings. The minimum Gasteiger partial charge on any atom is -0.354 e. The van der Waals surface area contributed by atoms with Crippen LogP contribution in [0.4, 0.5) is 0 Å². The van der Waals surface area contributed by atoms with Gasteiger partial charge in [-0.2, -0.15) is 0 Å². The molecule has 0 aromatic heterocycles. The summed E-state index contributed by atoms with van der Waals surface area (Å²) in [6.07, 6.45) is 1.59. The summed E-state index contributed by atoms with van der Waals surface area (Å²) >= 11 is 0. The number of rotatable bonds is 6. The SMILES string of the molecule is CC(C(=O)NCCc1ccc(S(N)(=O)=O)cc1)N1CCc2ccccc2C1. The van der Waals surface area contributed by atoms with E-state index in [9.17, 15) is 13.2 Å². The number of amides is 1. The second-order valence-electron chi connectivity index (χ2n) is 6.90. The van der Waals surface area contributed by atoms with Crippen LogP contribution in [0.15, 0.2) is 53.4 Å². The average molecular weight is 388 g/mol. The zero-order chi connectivity index (χ0) is 19.4. The first-order valence-electron chi connectivity index (χ1n) is 9.05. The number of nitrogens with zero attached hydrogens (tertiary/aromatic N) is 1. The van der Waals surface area contributed by atoms with E-state index in [1.54, 1.807) is 12.1 Å². The lowest BCUT2D eigenvalue weighted by Gasteiger charge is -2.32. The van der Waals surface area contributed by atoms with E-state index in [0.717, 1.165) is 25.1 Å². The first kappa shape index (κ1) is 19.5. The molecule has 6 nitrogen and oxygen atoms in total. The third-order valence-corrected chi connectivity index (χ3v) is 5.98. The largest absolute Gasteiger partial charge is 0.354 e. The highest BCUT2D eigenvalue weighted by Gasteiger charge is 2.24. The molecule has 1 unspecified atom stereocenters. The maximum absolute atomic E-state index is 12.5. The fourth-order valence-corrected chi connectivity index (χ4v) is 3.85. The van der Waals surface area contributed by atoms with Gasteiger partial charge in [0.15, 0.2) is 0 Å². The van der Waals surface area contributed by atoms with Gasteiger partial charge < -0.3 is 5.32 Å². The Hall–Kier alpha value is -2.22.